The highest BCUT2D eigenvalue weighted by Gasteiger charge is 2.46. The molecule has 1 fully saturated rings. The van der Waals surface area contributed by atoms with Gasteiger partial charge in [0, 0.05) is 9.84 Å². The molecule has 0 aliphatic carbocycles. The molecule has 0 amide bonds. The normalized spacial score (nSPS) is 25.1. The van der Waals surface area contributed by atoms with E-state index in [2.05, 4.69) is 36.4 Å². The molecule has 0 N–H and O–H groups in total. The first-order chi connectivity index (χ1) is 6.68. The molecule has 1 unspecified atom stereocenters. The molecular weight excluding hydrogens is 291 g/mol. The van der Waals surface area contributed by atoms with Gasteiger partial charge < -0.3 is 4.74 Å². The minimum atomic E-state index is 0.00793. The van der Waals surface area contributed by atoms with E-state index in [0.717, 1.165) is 30.1 Å². The lowest BCUT2D eigenvalue weighted by atomic mass is 9.74. The molecule has 0 bridgehead atoms. The van der Waals surface area contributed by atoms with E-state index in [1.165, 1.54) is 0 Å². The zero-order valence-corrected chi connectivity index (χ0v) is 11.2. The van der Waals surface area contributed by atoms with Gasteiger partial charge in [0.25, 0.3) is 0 Å². The van der Waals surface area contributed by atoms with Crippen molar-refractivity contribution in [3.63, 3.8) is 0 Å². The van der Waals surface area contributed by atoms with Crippen LogP contribution in [0.15, 0.2) is 0 Å². The van der Waals surface area contributed by atoms with Crippen LogP contribution in [0.3, 0.4) is 0 Å². The van der Waals surface area contributed by atoms with Gasteiger partial charge in [-0.1, -0.05) is 49.3 Å². The van der Waals surface area contributed by atoms with Crippen molar-refractivity contribution in [1.82, 2.24) is 0 Å². The molecule has 1 atom stereocenters. The van der Waals surface area contributed by atoms with Gasteiger partial charge in [0.15, 0.2) is 0 Å². The molecule has 1 aliphatic rings. The fourth-order valence-corrected chi connectivity index (χ4v) is 3.66. The molecule has 0 saturated carbocycles. The van der Waals surface area contributed by atoms with E-state index in [9.17, 15) is 4.79 Å². The molecule has 0 spiro atoms. The van der Waals surface area contributed by atoms with Crippen LogP contribution in [-0.2, 0) is 9.53 Å². The van der Waals surface area contributed by atoms with Crippen molar-refractivity contribution in [2.75, 3.05) is 4.43 Å². The van der Waals surface area contributed by atoms with Crippen LogP contribution in [-0.4, -0.2) is 16.5 Å². The first-order valence-electron chi connectivity index (χ1n) is 5.44. The summed E-state index contributed by atoms with van der Waals surface area (Å²) in [4.78, 5) is 11.4. The SMILES string of the molecule is CCCC1(CCC)CC(=O)OC1CI. The molecule has 3 heteroatoms. The highest BCUT2D eigenvalue weighted by Crippen LogP contribution is 2.44. The third-order valence-electron chi connectivity index (χ3n) is 3.09. The van der Waals surface area contributed by atoms with Crippen LogP contribution < -0.4 is 0 Å². The Labute approximate surface area is 99.9 Å². The van der Waals surface area contributed by atoms with Gasteiger partial charge in [-0.2, -0.15) is 0 Å². The van der Waals surface area contributed by atoms with Crippen LogP contribution in [0.25, 0.3) is 0 Å². The fourth-order valence-electron chi connectivity index (χ4n) is 2.54. The van der Waals surface area contributed by atoms with E-state index in [-0.39, 0.29) is 17.5 Å². The van der Waals surface area contributed by atoms with Crippen LogP contribution in [0.1, 0.15) is 46.0 Å². The maximum Gasteiger partial charge on any atom is 0.306 e. The van der Waals surface area contributed by atoms with Crippen molar-refractivity contribution >= 4 is 28.6 Å². The molecule has 0 aromatic heterocycles. The summed E-state index contributed by atoms with van der Waals surface area (Å²) in [6, 6.07) is 0. The Morgan fingerprint density at radius 1 is 1.43 bits per heavy atom. The van der Waals surface area contributed by atoms with E-state index in [0.29, 0.717) is 6.42 Å². The number of halogens is 1. The monoisotopic (exact) mass is 310 g/mol. The van der Waals surface area contributed by atoms with Crippen molar-refractivity contribution in [2.45, 2.75) is 52.1 Å². The van der Waals surface area contributed by atoms with E-state index in [4.69, 9.17) is 4.74 Å². The Hall–Kier alpha value is 0.200. The van der Waals surface area contributed by atoms with Crippen molar-refractivity contribution in [3.05, 3.63) is 0 Å². The quantitative estimate of drug-likeness (QED) is 0.442. The number of carbonyl (C=O) groups is 1. The summed E-state index contributed by atoms with van der Waals surface area (Å²) in [6.07, 6.45) is 5.34. The molecule has 1 saturated heterocycles. The summed E-state index contributed by atoms with van der Waals surface area (Å²) in [5, 5.41) is 0. The Bertz CT molecular complexity index is 197. The van der Waals surface area contributed by atoms with Crippen LogP contribution in [0.5, 0.6) is 0 Å². The van der Waals surface area contributed by atoms with Gasteiger partial charge in [0.1, 0.15) is 6.10 Å². The molecule has 82 valence electrons. The zero-order valence-electron chi connectivity index (χ0n) is 9.01. The van der Waals surface area contributed by atoms with Gasteiger partial charge in [0.2, 0.25) is 0 Å². The molecule has 0 radical (unpaired) electrons. The number of carbonyl (C=O) groups excluding carboxylic acids is 1. The van der Waals surface area contributed by atoms with Crippen LogP contribution >= 0.6 is 22.6 Å². The standard InChI is InChI=1S/C11H19IO2/c1-3-5-11(6-4-2)7-10(13)14-9(11)8-12/h9H,3-8H2,1-2H3. The summed E-state index contributed by atoms with van der Waals surface area (Å²) < 4.78 is 6.32. The minimum Gasteiger partial charge on any atom is -0.461 e. The van der Waals surface area contributed by atoms with Crippen molar-refractivity contribution in [3.8, 4) is 0 Å². The third-order valence-corrected chi connectivity index (χ3v) is 3.89. The van der Waals surface area contributed by atoms with Crippen molar-refractivity contribution < 1.29 is 9.53 Å². The van der Waals surface area contributed by atoms with Gasteiger partial charge >= 0.3 is 5.97 Å². The number of cyclic esters (lactones) is 1. The average Bonchev–Trinajstić information content (AvgIpc) is 2.43. The fraction of sp³-hybridized carbons (Fsp3) is 0.909. The van der Waals surface area contributed by atoms with E-state index >= 15 is 0 Å². The molecule has 1 aliphatic heterocycles. The summed E-state index contributed by atoms with van der Waals surface area (Å²) in [5.41, 5.74) is 0.155. The Kier molecular flexibility index (Phi) is 4.67. The first-order valence-corrected chi connectivity index (χ1v) is 6.96. The van der Waals surface area contributed by atoms with Crippen LogP contribution in [0.4, 0.5) is 0 Å². The predicted molar refractivity (Wildman–Crippen MR) is 65.6 cm³/mol. The van der Waals surface area contributed by atoms with Crippen molar-refractivity contribution in [2.24, 2.45) is 5.41 Å². The molecular formula is C11H19IO2. The zero-order chi connectivity index (χ0) is 10.6. The van der Waals surface area contributed by atoms with E-state index in [1.807, 2.05) is 0 Å². The number of esters is 1. The largest absolute Gasteiger partial charge is 0.461 e. The smallest absolute Gasteiger partial charge is 0.306 e. The summed E-state index contributed by atoms with van der Waals surface area (Å²) in [7, 11) is 0. The second kappa shape index (κ2) is 5.33. The molecule has 2 nitrogen and oxygen atoms in total. The molecule has 1 rings (SSSR count). The minimum absolute atomic E-state index is 0.00793. The van der Waals surface area contributed by atoms with Crippen molar-refractivity contribution in [1.29, 1.82) is 0 Å². The maximum absolute atomic E-state index is 11.4. The Balaban J connectivity index is 2.77. The Morgan fingerprint density at radius 2 is 2.00 bits per heavy atom. The number of rotatable bonds is 5. The lowest BCUT2D eigenvalue weighted by Gasteiger charge is -2.31. The highest BCUT2D eigenvalue weighted by atomic mass is 127. The second-order valence-electron chi connectivity index (χ2n) is 4.17. The third kappa shape index (κ3) is 2.41. The summed E-state index contributed by atoms with van der Waals surface area (Å²) >= 11 is 2.33. The predicted octanol–water partition coefficient (Wildman–Crippen LogP) is 3.32. The summed E-state index contributed by atoms with van der Waals surface area (Å²) in [6.45, 7) is 4.37. The average molecular weight is 310 g/mol. The molecule has 14 heavy (non-hydrogen) atoms. The number of ether oxygens (including phenoxy) is 1. The number of hydrogen-bond donors (Lipinski definition) is 0. The molecule has 0 aromatic rings. The van der Waals surface area contributed by atoms with E-state index in [1.54, 1.807) is 0 Å². The van der Waals surface area contributed by atoms with Gasteiger partial charge in [-0.3, -0.25) is 4.79 Å². The highest BCUT2D eigenvalue weighted by molar-refractivity contribution is 14.1. The first kappa shape index (κ1) is 12.3. The maximum atomic E-state index is 11.4. The second-order valence-corrected chi connectivity index (χ2v) is 5.05. The molecule has 0 aromatic carbocycles. The van der Waals surface area contributed by atoms with Gasteiger partial charge in [-0.05, 0) is 12.8 Å². The van der Waals surface area contributed by atoms with Gasteiger partial charge in [-0.15, -0.1) is 0 Å². The van der Waals surface area contributed by atoms with Gasteiger partial charge in [-0.25, -0.2) is 0 Å². The van der Waals surface area contributed by atoms with Crippen LogP contribution in [0.2, 0.25) is 0 Å². The number of alkyl halides is 1. The summed E-state index contributed by atoms with van der Waals surface area (Å²) in [5.74, 6) is 0.00793. The van der Waals surface area contributed by atoms with E-state index < -0.39 is 0 Å². The lowest BCUT2D eigenvalue weighted by molar-refractivity contribution is -0.140. The van der Waals surface area contributed by atoms with Crippen LogP contribution in [0, 0.1) is 5.41 Å². The lowest BCUT2D eigenvalue weighted by Crippen LogP contribution is -2.32. The van der Waals surface area contributed by atoms with Gasteiger partial charge in [0.05, 0.1) is 6.42 Å². The topological polar surface area (TPSA) is 26.3 Å². The molecule has 1 heterocycles. The number of hydrogen-bond acceptors (Lipinski definition) is 2. The Morgan fingerprint density at radius 3 is 2.43 bits per heavy atom.